The Balaban J connectivity index is 0.000000190. The van der Waals surface area contributed by atoms with E-state index in [-0.39, 0.29) is 70.8 Å². The third-order valence-corrected chi connectivity index (χ3v) is 17.8. The van der Waals surface area contributed by atoms with Crippen LogP contribution in [0.15, 0.2) is 71.3 Å². The summed E-state index contributed by atoms with van der Waals surface area (Å²) in [5.41, 5.74) is 4.51. The quantitative estimate of drug-likeness (QED) is 0.00427. The fourth-order valence-electron chi connectivity index (χ4n) is 8.91. The number of likely N-dealkylation sites (tertiary alicyclic amines) is 1. The van der Waals surface area contributed by atoms with Crippen molar-refractivity contribution in [3.8, 4) is 0 Å². The number of fused-ring (bicyclic) bond motifs is 3. The third-order valence-electron chi connectivity index (χ3n) is 13.7. The summed E-state index contributed by atoms with van der Waals surface area (Å²) >= 11 is 22.7. The second-order valence-electron chi connectivity index (χ2n) is 20.9. The number of hydrogen-bond acceptors (Lipinski definition) is 37. The molecule has 4 aliphatic heterocycles. The van der Waals surface area contributed by atoms with E-state index in [1.165, 1.54) is 40.1 Å². The highest BCUT2D eigenvalue weighted by Crippen LogP contribution is 2.37. The van der Waals surface area contributed by atoms with E-state index in [1.54, 1.807) is 9.80 Å². The number of thiophene rings is 3. The molecular weight excluding hydrogens is 1570 g/mol. The number of anilines is 4. The Morgan fingerprint density at radius 1 is 0.643 bits per heavy atom. The number of rotatable bonds is 27. The van der Waals surface area contributed by atoms with Crippen LogP contribution in [0.4, 0.5) is 37.7 Å². The van der Waals surface area contributed by atoms with Crippen molar-refractivity contribution in [2.24, 2.45) is 17.8 Å². The first-order chi connectivity index (χ1) is 46.9. The number of carbonyl (C=O) groups is 4. The molecule has 10 heterocycles. The average Bonchev–Trinajstić information content (AvgIpc) is 1.60. The van der Waals surface area contributed by atoms with E-state index in [0.29, 0.717) is 54.5 Å². The summed E-state index contributed by atoms with van der Waals surface area (Å²) < 4.78 is 41.9. The predicted octanol–water partition coefficient (Wildman–Crippen LogP) is 11.6. The van der Waals surface area contributed by atoms with Crippen LogP contribution in [0.3, 0.4) is 0 Å². The van der Waals surface area contributed by atoms with Gasteiger partial charge in [-0.15, -0.1) is 34.0 Å². The Kier molecular flexibility index (Phi) is 32.1. The maximum absolute atomic E-state index is 12.6. The highest BCUT2D eigenvalue weighted by molar-refractivity contribution is 14.2. The zero-order chi connectivity index (χ0) is 70.9. The van der Waals surface area contributed by atoms with Crippen LogP contribution in [0.2, 0.25) is 15.7 Å². The summed E-state index contributed by atoms with van der Waals surface area (Å²) in [7, 11) is -3.96. The van der Waals surface area contributed by atoms with Gasteiger partial charge in [0.1, 0.15) is 41.0 Å². The highest BCUT2D eigenvalue weighted by Gasteiger charge is 2.40. The second-order valence-corrected chi connectivity index (χ2v) is 28.9. The molecule has 0 radical (unpaired) electrons. The maximum atomic E-state index is 12.6. The van der Waals surface area contributed by atoms with Gasteiger partial charge in [0.15, 0.2) is 16.8 Å². The van der Waals surface area contributed by atoms with Crippen molar-refractivity contribution in [2.75, 3.05) is 53.3 Å². The second kappa shape index (κ2) is 39.7. The van der Waals surface area contributed by atoms with Gasteiger partial charge >= 0.3 is 25.6 Å². The molecule has 11 rings (SSSR count). The molecule has 4 fully saturated rings. The van der Waals surface area contributed by atoms with Crippen molar-refractivity contribution in [1.29, 1.82) is 0 Å². The molecule has 0 saturated carbocycles. The van der Waals surface area contributed by atoms with Crippen molar-refractivity contribution in [3.63, 3.8) is 0 Å². The molecule has 1 aromatic carbocycles. The molecule has 4 N–H and O–H groups in total. The Morgan fingerprint density at radius 2 is 1.11 bits per heavy atom. The van der Waals surface area contributed by atoms with E-state index >= 15 is 0 Å². The van der Waals surface area contributed by atoms with Gasteiger partial charge in [-0.3, -0.25) is 14.6 Å². The highest BCUT2D eigenvalue weighted by atomic mass is 127. The summed E-state index contributed by atoms with van der Waals surface area (Å²) in [6, 6.07) is 14.4. The van der Waals surface area contributed by atoms with E-state index < -0.39 is 7.29 Å². The van der Waals surface area contributed by atoms with Crippen LogP contribution in [-0.4, -0.2) is 130 Å². The van der Waals surface area contributed by atoms with E-state index in [1.807, 2.05) is 53.1 Å². The molecule has 4 saturated heterocycles. The number of cyclic esters (lactones) is 3. The summed E-state index contributed by atoms with van der Waals surface area (Å²) in [6.07, 6.45) is 2.18. The molecule has 98 heavy (non-hydrogen) atoms. The molecule has 536 valence electrons. The largest absolute Gasteiger partial charge is 0.447 e. The predicted molar refractivity (Wildman–Crippen MR) is 350 cm³/mol. The van der Waals surface area contributed by atoms with Crippen LogP contribution >= 0.6 is 90.0 Å². The summed E-state index contributed by atoms with van der Waals surface area (Å²) in [5, 5.41) is 74.4. The van der Waals surface area contributed by atoms with Crippen molar-refractivity contribution >= 4 is 175 Å². The summed E-state index contributed by atoms with van der Waals surface area (Å²) in [5.74, 6) is 2.60. The summed E-state index contributed by atoms with van der Waals surface area (Å²) in [4.78, 5) is 77.6. The van der Waals surface area contributed by atoms with Gasteiger partial charge in [-0.25, -0.2) is 39.6 Å². The van der Waals surface area contributed by atoms with Gasteiger partial charge in [0.25, 0.3) is 0 Å². The molecule has 46 heteroatoms. The number of carbonyl (C=O) groups excluding carboxylic acids is 4. The molecule has 7 aromatic rings. The minimum absolute atomic E-state index is 0.00337. The Hall–Kier alpha value is -6.17. The van der Waals surface area contributed by atoms with Crippen molar-refractivity contribution in [1.82, 2.24) is 40.1 Å². The molecule has 38 nitrogen and oxygen atoms in total. The molecule has 4 amide bonds. The lowest BCUT2D eigenvalue weighted by Gasteiger charge is -2.32. The van der Waals surface area contributed by atoms with Gasteiger partial charge in [-0.05, 0) is 194 Å². The van der Waals surface area contributed by atoms with E-state index in [4.69, 9.17) is 59.5 Å². The fraction of sp³-hybridized carbons (Fsp3) is 0.423. The minimum atomic E-state index is -3.96. The lowest BCUT2D eigenvalue weighted by Crippen LogP contribution is -2.41. The number of piperidine rings is 1. The fourth-order valence-corrected chi connectivity index (χ4v) is 12.2. The zero-order valence-corrected chi connectivity index (χ0v) is 59.6. The Morgan fingerprint density at radius 3 is 1.57 bits per heavy atom. The molecule has 6 aromatic heterocycles. The standard InChI is InChI=1S/C28H34N6O3S.C12H12ClN3O2S.C6H2Cl2N2S.C6H11NO2.HIO19S/c1-5-24(35)33-13-10-21(11-14-33)30-20-8-6-19(7-9-20)18(4)29-27-31-22-12-15-38-25(22)26(32-27)34-23(17(2)3)16-37-28(34)36;1-6(2)8-5-18-12(17)16(8)10-9-7(3-4-19-9)14-11(13)15-10;7-5-4-3(1-2-11-4)9-6(8)10-5;1-4(2)5-3-9-6(8)7-5;1-21(3,4)20-19-18-17-16-15-14-13-12-11-10-9-8-7-6-5-2/h5-9,12,15,17-18,21,23,30H,1,10-11,13-14,16H2,2-4H3,(H,29,31,32);3-4,6,8H,5H2,1-2H3;1-2H;4-5H,3H2,1-2H3,(H,7,8);2H/t18-,23+;8-;;5-;/m01.1./s1. The van der Waals surface area contributed by atoms with Crippen LogP contribution in [0.25, 0.3) is 30.6 Å². The first-order valence-electron chi connectivity index (χ1n) is 28.3. The van der Waals surface area contributed by atoms with Crippen molar-refractivity contribution in [3.05, 3.63) is 92.5 Å². The van der Waals surface area contributed by atoms with Gasteiger partial charge in [0, 0.05) is 24.8 Å². The lowest BCUT2D eigenvalue weighted by molar-refractivity contribution is -0.885. The molecular formula is C52H60Cl3IN12O26S4. The topological polar surface area (TPSA) is 421 Å². The number of ether oxygens (including phenoxy) is 3. The SMILES string of the molecule is C=CC(=O)N1CCC(Nc2ccc([C@H](C)Nc3nc(N4C(=O)OC[C@@H]4C(C)C)c4sccc4n3)cc2)CC1.CC(C)[C@H]1COC(=O)N1.CC(C)[C@H]1COC(=O)N1c1nc(Cl)nc2ccsc12.Clc1nc(Cl)c2sccc2n1.O=S(=O)(I)OOOOOOOOOOOOOOOOO. The van der Waals surface area contributed by atoms with Gasteiger partial charge in [-0.2, -0.15) is 18.4 Å². The van der Waals surface area contributed by atoms with Gasteiger partial charge < -0.3 is 35.1 Å². The summed E-state index contributed by atoms with van der Waals surface area (Å²) in [6.45, 7) is 20.8. The number of nitrogens with one attached hydrogen (secondary N) is 3. The van der Waals surface area contributed by atoms with Crippen molar-refractivity contribution in [2.45, 2.75) is 91.5 Å². The van der Waals surface area contributed by atoms with Crippen LogP contribution < -0.4 is 25.8 Å². The van der Waals surface area contributed by atoms with Gasteiger partial charge in [0.2, 0.25) is 22.4 Å². The van der Waals surface area contributed by atoms with Crippen LogP contribution in [0, 0.1) is 17.8 Å². The van der Waals surface area contributed by atoms with E-state index in [2.05, 4.69) is 186 Å². The number of nitrogens with zero attached hydrogens (tertiary/aromatic N) is 9. The Labute approximate surface area is 593 Å². The lowest BCUT2D eigenvalue weighted by atomic mass is 10.0. The molecule has 0 spiro atoms. The number of hydrogen-bond donors (Lipinski definition) is 4. The first kappa shape index (κ1) is 79.2. The smallest absolute Gasteiger partial charge is 0.415 e. The van der Waals surface area contributed by atoms with Crippen LogP contribution in [0.5, 0.6) is 0 Å². The van der Waals surface area contributed by atoms with E-state index in [9.17, 15) is 27.6 Å². The number of aromatic nitrogens is 6. The molecule has 0 aliphatic carbocycles. The number of alkyl carbamates (subject to hydrolysis) is 1. The van der Waals surface area contributed by atoms with Crippen LogP contribution in [0.1, 0.15) is 72.9 Å². The number of benzene rings is 1. The van der Waals surface area contributed by atoms with Gasteiger partial charge in [0.05, 0.1) is 54.8 Å². The molecule has 4 atom stereocenters. The van der Waals surface area contributed by atoms with Gasteiger partial charge in [-0.1, -0.05) is 76.2 Å². The molecule has 0 bridgehead atoms. The molecule has 4 aliphatic rings. The number of amides is 4. The third kappa shape index (κ3) is 24.3. The zero-order valence-electron chi connectivity index (χ0n) is 51.9. The van der Waals surface area contributed by atoms with Crippen LogP contribution in [-0.2, 0) is 106 Å². The Bertz CT molecular complexity index is 3830. The average molecular weight is 1630 g/mol. The monoisotopic (exact) mass is 1630 g/mol. The first-order valence-corrected chi connectivity index (χ1v) is 36.1. The normalized spacial score (nSPS) is 17.3. The maximum Gasteiger partial charge on any atom is 0.415 e. The molecule has 0 unspecified atom stereocenters. The number of halogens is 4. The van der Waals surface area contributed by atoms with E-state index in [0.717, 1.165) is 89.0 Å². The van der Waals surface area contributed by atoms with Crippen molar-refractivity contribution < 1.29 is 127 Å². The minimum Gasteiger partial charge on any atom is -0.447 e.